The van der Waals surface area contributed by atoms with Gasteiger partial charge in [0.15, 0.2) is 0 Å². The molecule has 0 aliphatic carbocycles. The summed E-state index contributed by atoms with van der Waals surface area (Å²) >= 11 is 0. The maximum absolute atomic E-state index is 4.95. The molecule has 15 heavy (non-hydrogen) atoms. The smallest absolute Gasteiger partial charge is 0.0587 e. The monoisotopic (exact) mass is 229 g/mol. The molecule has 0 aliphatic heterocycles. The van der Waals surface area contributed by atoms with Crippen molar-refractivity contribution in [2.24, 2.45) is 0 Å². The SMILES string of the molecule is CCc1ccc(CNCCOC)cc1.Cl. The minimum atomic E-state index is 0. The van der Waals surface area contributed by atoms with Crippen LogP contribution in [-0.2, 0) is 17.7 Å². The lowest BCUT2D eigenvalue weighted by atomic mass is 10.1. The maximum atomic E-state index is 4.95. The summed E-state index contributed by atoms with van der Waals surface area (Å²) in [7, 11) is 1.72. The van der Waals surface area contributed by atoms with Crippen LogP contribution in [0.4, 0.5) is 0 Å². The molecule has 0 spiro atoms. The van der Waals surface area contributed by atoms with Gasteiger partial charge in [-0.25, -0.2) is 0 Å². The van der Waals surface area contributed by atoms with Gasteiger partial charge in [0.05, 0.1) is 6.61 Å². The van der Waals surface area contributed by atoms with Gasteiger partial charge in [0.2, 0.25) is 0 Å². The summed E-state index contributed by atoms with van der Waals surface area (Å²) in [4.78, 5) is 0. The normalized spacial score (nSPS) is 9.73. The van der Waals surface area contributed by atoms with Gasteiger partial charge in [-0.1, -0.05) is 31.2 Å². The van der Waals surface area contributed by atoms with Gasteiger partial charge in [0.25, 0.3) is 0 Å². The van der Waals surface area contributed by atoms with Gasteiger partial charge >= 0.3 is 0 Å². The molecule has 0 bridgehead atoms. The van der Waals surface area contributed by atoms with Crippen LogP contribution in [0, 0.1) is 0 Å². The molecule has 86 valence electrons. The number of aryl methyl sites for hydroxylation is 1. The Bertz CT molecular complexity index is 248. The van der Waals surface area contributed by atoms with E-state index < -0.39 is 0 Å². The number of hydrogen-bond acceptors (Lipinski definition) is 2. The lowest BCUT2D eigenvalue weighted by molar-refractivity contribution is 0.199. The van der Waals surface area contributed by atoms with Crippen molar-refractivity contribution in [3.63, 3.8) is 0 Å². The van der Waals surface area contributed by atoms with E-state index >= 15 is 0 Å². The molecule has 1 aromatic rings. The van der Waals surface area contributed by atoms with Gasteiger partial charge < -0.3 is 10.1 Å². The van der Waals surface area contributed by atoms with E-state index in [1.165, 1.54) is 11.1 Å². The Hall–Kier alpha value is -0.570. The zero-order valence-electron chi connectivity index (χ0n) is 9.45. The lowest BCUT2D eigenvalue weighted by Gasteiger charge is -2.04. The van der Waals surface area contributed by atoms with E-state index in [9.17, 15) is 0 Å². The molecule has 3 heteroatoms. The third kappa shape index (κ3) is 5.78. The van der Waals surface area contributed by atoms with Crippen LogP contribution in [0.15, 0.2) is 24.3 Å². The first-order valence-electron chi connectivity index (χ1n) is 5.14. The Morgan fingerprint density at radius 3 is 2.27 bits per heavy atom. The number of methoxy groups -OCH3 is 1. The van der Waals surface area contributed by atoms with Crippen molar-refractivity contribution >= 4 is 12.4 Å². The van der Waals surface area contributed by atoms with E-state index in [1.807, 2.05) is 0 Å². The van der Waals surface area contributed by atoms with Crippen LogP contribution in [0.1, 0.15) is 18.1 Å². The predicted octanol–water partition coefficient (Wildman–Crippen LogP) is 2.41. The number of nitrogens with one attached hydrogen (secondary N) is 1. The largest absolute Gasteiger partial charge is 0.383 e. The summed E-state index contributed by atoms with van der Waals surface area (Å²) in [5, 5.41) is 3.32. The Balaban J connectivity index is 0.00000196. The number of ether oxygens (including phenoxy) is 1. The predicted molar refractivity (Wildman–Crippen MR) is 66.7 cm³/mol. The Kier molecular flexibility index (Phi) is 8.38. The van der Waals surface area contributed by atoms with Crippen molar-refractivity contribution in [3.05, 3.63) is 35.4 Å². The fraction of sp³-hybridized carbons (Fsp3) is 0.500. The molecule has 1 N–H and O–H groups in total. The third-order valence-corrected chi connectivity index (χ3v) is 2.24. The lowest BCUT2D eigenvalue weighted by Crippen LogP contribution is -2.18. The van der Waals surface area contributed by atoms with Crippen LogP contribution < -0.4 is 5.32 Å². The number of benzene rings is 1. The summed E-state index contributed by atoms with van der Waals surface area (Å²) in [6.07, 6.45) is 1.11. The van der Waals surface area contributed by atoms with E-state index in [1.54, 1.807) is 7.11 Å². The number of halogens is 1. The van der Waals surface area contributed by atoms with Crippen molar-refractivity contribution in [3.8, 4) is 0 Å². The molecule has 0 fully saturated rings. The zero-order valence-corrected chi connectivity index (χ0v) is 10.3. The first-order valence-corrected chi connectivity index (χ1v) is 5.14. The second kappa shape index (κ2) is 8.72. The highest BCUT2D eigenvalue weighted by molar-refractivity contribution is 5.85. The highest BCUT2D eigenvalue weighted by Gasteiger charge is 1.92. The van der Waals surface area contributed by atoms with Crippen LogP contribution in [0.5, 0.6) is 0 Å². The van der Waals surface area contributed by atoms with Gasteiger partial charge in [0.1, 0.15) is 0 Å². The third-order valence-electron chi connectivity index (χ3n) is 2.24. The fourth-order valence-corrected chi connectivity index (χ4v) is 1.30. The standard InChI is InChI=1S/C12H19NO.ClH/c1-3-11-4-6-12(7-5-11)10-13-8-9-14-2;/h4-7,13H,3,8-10H2,1-2H3;1H. The van der Waals surface area contributed by atoms with Gasteiger partial charge in [0, 0.05) is 20.2 Å². The molecular weight excluding hydrogens is 210 g/mol. The second-order valence-corrected chi connectivity index (χ2v) is 3.34. The van der Waals surface area contributed by atoms with Crippen LogP contribution >= 0.6 is 12.4 Å². The molecule has 0 aliphatic rings. The highest BCUT2D eigenvalue weighted by Crippen LogP contribution is 2.04. The number of rotatable bonds is 6. The minimum Gasteiger partial charge on any atom is -0.383 e. The summed E-state index contributed by atoms with van der Waals surface area (Å²) in [6, 6.07) is 8.73. The molecule has 0 amide bonds. The highest BCUT2D eigenvalue weighted by atomic mass is 35.5. The van der Waals surface area contributed by atoms with Gasteiger partial charge in [-0.05, 0) is 17.5 Å². The molecule has 2 nitrogen and oxygen atoms in total. The average Bonchev–Trinajstić information content (AvgIpc) is 2.25. The van der Waals surface area contributed by atoms with Crippen molar-refractivity contribution in [2.45, 2.75) is 19.9 Å². The molecule has 0 radical (unpaired) electrons. The Morgan fingerprint density at radius 1 is 1.13 bits per heavy atom. The van der Waals surface area contributed by atoms with E-state index in [0.29, 0.717) is 0 Å². The molecule has 0 aromatic heterocycles. The molecule has 1 aromatic carbocycles. The van der Waals surface area contributed by atoms with Crippen LogP contribution in [0.3, 0.4) is 0 Å². The van der Waals surface area contributed by atoms with Crippen LogP contribution in [-0.4, -0.2) is 20.3 Å². The molecular formula is C12H20ClNO. The van der Waals surface area contributed by atoms with E-state index in [2.05, 4.69) is 36.5 Å². The molecule has 0 heterocycles. The fourth-order valence-electron chi connectivity index (χ4n) is 1.30. The van der Waals surface area contributed by atoms with Crippen molar-refractivity contribution in [1.29, 1.82) is 0 Å². The van der Waals surface area contributed by atoms with Crippen LogP contribution in [0.2, 0.25) is 0 Å². The molecule has 0 atom stereocenters. The summed E-state index contributed by atoms with van der Waals surface area (Å²) in [5.74, 6) is 0. The van der Waals surface area contributed by atoms with Gasteiger partial charge in [-0.3, -0.25) is 0 Å². The summed E-state index contributed by atoms with van der Waals surface area (Å²) in [6.45, 7) is 4.78. The first kappa shape index (κ1) is 14.4. The van der Waals surface area contributed by atoms with E-state index in [4.69, 9.17) is 4.74 Å². The molecule has 0 saturated heterocycles. The molecule has 0 saturated carbocycles. The Morgan fingerprint density at radius 2 is 1.73 bits per heavy atom. The summed E-state index contributed by atoms with van der Waals surface area (Å²) in [5.41, 5.74) is 2.73. The van der Waals surface area contributed by atoms with Gasteiger partial charge in [-0.15, -0.1) is 12.4 Å². The molecule has 1 rings (SSSR count). The topological polar surface area (TPSA) is 21.3 Å². The second-order valence-electron chi connectivity index (χ2n) is 3.34. The number of hydrogen-bond donors (Lipinski definition) is 1. The zero-order chi connectivity index (χ0) is 10.2. The van der Waals surface area contributed by atoms with E-state index in [-0.39, 0.29) is 12.4 Å². The van der Waals surface area contributed by atoms with Crippen molar-refractivity contribution in [1.82, 2.24) is 5.32 Å². The van der Waals surface area contributed by atoms with E-state index in [0.717, 1.165) is 26.1 Å². The van der Waals surface area contributed by atoms with Crippen LogP contribution in [0.25, 0.3) is 0 Å². The minimum absolute atomic E-state index is 0. The Labute approximate surface area is 98.4 Å². The van der Waals surface area contributed by atoms with Crippen molar-refractivity contribution in [2.75, 3.05) is 20.3 Å². The van der Waals surface area contributed by atoms with Crippen molar-refractivity contribution < 1.29 is 4.74 Å². The summed E-state index contributed by atoms with van der Waals surface area (Å²) < 4.78 is 4.95. The maximum Gasteiger partial charge on any atom is 0.0587 e. The average molecular weight is 230 g/mol. The van der Waals surface area contributed by atoms with Gasteiger partial charge in [-0.2, -0.15) is 0 Å². The quantitative estimate of drug-likeness (QED) is 0.757. The first-order chi connectivity index (χ1) is 6.86. The molecule has 0 unspecified atom stereocenters.